The number of hydrogen-bond donors (Lipinski definition) is 1. The van der Waals surface area contributed by atoms with Crippen molar-refractivity contribution in [1.29, 1.82) is 5.26 Å². The number of rotatable bonds is 7. The monoisotopic (exact) mass is 611 g/mol. The fourth-order valence-electron chi connectivity index (χ4n) is 6.94. The summed E-state index contributed by atoms with van der Waals surface area (Å²) in [6.07, 6.45) is 2.69. The van der Waals surface area contributed by atoms with Crippen LogP contribution in [-0.4, -0.2) is 89.0 Å². The first kappa shape index (κ1) is 30.3. The van der Waals surface area contributed by atoms with Gasteiger partial charge in [0, 0.05) is 51.8 Å². The lowest BCUT2D eigenvalue weighted by atomic mass is 9.70. The maximum atomic E-state index is 13.4. The van der Waals surface area contributed by atoms with Crippen LogP contribution in [0.2, 0.25) is 0 Å². The van der Waals surface area contributed by atoms with Crippen molar-refractivity contribution in [3.8, 4) is 6.07 Å². The van der Waals surface area contributed by atoms with E-state index >= 15 is 0 Å². The van der Waals surface area contributed by atoms with Crippen LogP contribution in [0.4, 0.5) is 0 Å². The molecule has 1 saturated carbocycles. The van der Waals surface area contributed by atoms with E-state index in [9.17, 15) is 24.4 Å². The van der Waals surface area contributed by atoms with E-state index in [0.29, 0.717) is 36.2 Å². The minimum Gasteiger partial charge on any atom is -0.345 e. The van der Waals surface area contributed by atoms with Crippen molar-refractivity contribution in [2.24, 2.45) is 0 Å². The topological polar surface area (TPSA) is 145 Å². The summed E-state index contributed by atoms with van der Waals surface area (Å²) in [5.41, 5.74) is 3.76. The number of carbonyl (C=O) groups is 3. The van der Waals surface area contributed by atoms with E-state index in [1.165, 1.54) is 14.5 Å². The molecule has 234 valence electrons. The number of nitrogens with one attached hydrogen (secondary N) is 1. The second-order valence-electron chi connectivity index (χ2n) is 12.6. The minimum atomic E-state index is -0.969. The van der Waals surface area contributed by atoms with Crippen LogP contribution in [-0.2, 0) is 23.1 Å². The van der Waals surface area contributed by atoms with Crippen LogP contribution >= 0.6 is 0 Å². The first-order chi connectivity index (χ1) is 21.5. The van der Waals surface area contributed by atoms with Gasteiger partial charge in [-0.2, -0.15) is 15.0 Å². The Bertz CT molecular complexity index is 1720. The molecule has 1 fully saturated rings. The zero-order chi connectivity index (χ0) is 32.2. The largest absolute Gasteiger partial charge is 0.460 e. The van der Waals surface area contributed by atoms with Crippen LogP contribution in [0.1, 0.15) is 81.1 Å². The molecule has 1 aromatic heterocycles. The first-order valence-electron chi connectivity index (χ1n) is 15.2. The molecule has 1 N–H and O–H groups in total. The van der Waals surface area contributed by atoms with Gasteiger partial charge < -0.3 is 19.2 Å². The number of carbonyl (C=O) groups excluding carboxylic acids is 3. The molecule has 0 saturated heterocycles. The number of fused-ring (bicyclic) bond motifs is 6. The highest BCUT2D eigenvalue weighted by atomic mass is 16.5. The van der Waals surface area contributed by atoms with Gasteiger partial charge in [0.15, 0.2) is 5.82 Å². The van der Waals surface area contributed by atoms with Crippen molar-refractivity contribution in [3.05, 3.63) is 86.2 Å². The molecule has 2 atom stereocenters. The summed E-state index contributed by atoms with van der Waals surface area (Å²) < 4.78 is 7.09. The SMILES string of the molecule is CC(C#N)N(C(=O)CNC1CC2(c3ccc(C(=O)N(C)C)cc3CCc3cc(C(=O)N(C)C)ccc32)c2nc(=O)on21)C1CC1. The third-order valence-electron chi connectivity index (χ3n) is 9.17. The van der Waals surface area contributed by atoms with Gasteiger partial charge in [-0.1, -0.05) is 12.1 Å². The van der Waals surface area contributed by atoms with E-state index in [1.807, 2.05) is 24.3 Å². The predicted octanol–water partition coefficient (Wildman–Crippen LogP) is 2.07. The highest BCUT2D eigenvalue weighted by Gasteiger charge is 2.53. The molecule has 2 aliphatic carbocycles. The summed E-state index contributed by atoms with van der Waals surface area (Å²) in [5, 5.41) is 12.8. The summed E-state index contributed by atoms with van der Waals surface area (Å²) in [6.45, 7) is 1.66. The number of hydrogen-bond acceptors (Lipinski definition) is 8. The smallest absolute Gasteiger partial charge is 0.345 e. The van der Waals surface area contributed by atoms with Gasteiger partial charge in [-0.15, -0.1) is 0 Å². The molecule has 12 nitrogen and oxygen atoms in total. The Kier molecular flexibility index (Phi) is 7.61. The first-order valence-corrected chi connectivity index (χ1v) is 15.2. The Hall–Kier alpha value is -4.76. The number of amides is 3. The molecule has 1 spiro atoms. The Labute approximate surface area is 261 Å². The molecule has 3 amide bonds. The molecule has 3 aromatic rings. The van der Waals surface area contributed by atoms with Gasteiger partial charge in [-0.05, 0) is 79.1 Å². The molecular formula is C33H37N7O5. The van der Waals surface area contributed by atoms with Crippen LogP contribution < -0.4 is 11.1 Å². The Morgan fingerprint density at radius 2 is 1.58 bits per heavy atom. The quantitative estimate of drug-likeness (QED) is 0.428. The fraction of sp³-hybridized carbons (Fsp3) is 0.455. The summed E-state index contributed by atoms with van der Waals surface area (Å²) >= 11 is 0. The third-order valence-corrected chi connectivity index (χ3v) is 9.17. The van der Waals surface area contributed by atoms with Crippen molar-refractivity contribution < 1.29 is 18.9 Å². The highest BCUT2D eigenvalue weighted by Crippen LogP contribution is 2.52. The molecule has 6 rings (SSSR count). The predicted molar refractivity (Wildman–Crippen MR) is 164 cm³/mol. The van der Waals surface area contributed by atoms with Gasteiger partial charge in [-0.3, -0.25) is 19.7 Å². The third kappa shape index (κ3) is 5.11. The zero-order valence-corrected chi connectivity index (χ0v) is 26.2. The average Bonchev–Trinajstić information content (AvgIpc) is 3.73. The number of aryl methyl sites for hydroxylation is 2. The molecule has 45 heavy (non-hydrogen) atoms. The van der Waals surface area contributed by atoms with Crippen molar-refractivity contribution in [1.82, 2.24) is 29.7 Å². The fourth-order valence-corrected chi connectivity index (χ4v) is 6.94. The molecule has 12 heteroatoms. The van der Waals surface area contributed by atoms with Crippen LogP contribution in [0.5, 0.6) is 0 Å². The number of aromatic nitrogens is 2. The van der Waals surface area contributed by atoms with Crippen LogP contribution in [0.25, 0.3) is 0 Å². The molecule has 0 bridgehead atoms. The van der Waals surface area contributed by atoms with E-state index in [1.54, 1.807) is 52.1 Å². The van der Waals surface area contributed by atoms with Crippen LogP contribution in [0.3, 0.4) is 0 Å². The molecule has 1 aliphatic heterocycles. The summed E-state index contributed by atoms with van der Waals surface area (Å²) in [6, 6.07) is 12.9. The molecule has 3 aliphatic rings. The van der Waals surface area contributed by atoms with E-state index in [0.717, 1.165) is 35.1 Å². The van der Waals surface area contributed by atoms with E-state index in [-0.39, 0.29) is 30.3 Å². The van der Waals surface area contributed by atoms with Gasteiger partial charge in [0.2, 0.25) is 5.91 Å². The van der Waals surface area contributed by atoms with E-state index in [4.69, 9.17) is 4.52 Å². The zero-order valence-electron chi connectivity index (χ0n) is 26.2. The Balaban J connectivity index is 1.46. The number of nitriles is 1. The lowest BCUT2D eigenvalue weighted by Crippen LogP contribution is -2.45. The maximum Gasteiger partial charge on any atom is 0.460 e. The van der Waals surface area contributed by atoms with Crippen molar-refractivity contribution in [2.45, 2.75) is 62.7 Å². The van der Waals surface area contributed by atoms with Gasteiger partial charge in [0.05, 0.1) is 18.0 Å². The molecule has 2 unspecified atom stereocenters. The van der Waals surface area contributed by atoms with Crippen molar-refractivity contribution in [2.75, 3.05) is 34.7 Å². The lowest BCUT2D eigenvalue weighted by Gasteiger charge is -2.31. The number of benzene rings is 2. The minimum absolute atomic E-state index is 0.0587. The van der Waals surface area contributed by atoms with Gasteiger partial charge in [0.25, 0.3) is 11.8 Å². The lowest BCUT2D eigenvalue weighted by molar-refractivity contribution is -0.132. The normalized spacial score (nSPS) is 18.2. The molecule has 2 aromatic carbocycles. The van der Waals surface area contributed by atoms with Crippen LogP contribution in [0, 0.1) is 11.3 Å². The van der Waals surface area contributed by atoms with Crippen molar-refractivity contribution in [3.63, 3.8) is 0 Å². The van der Waals surface area contributed by atoms with Crippen molar-refractivity contribution >= 4 is 17.7 Å². The average molecular weight is 612 g/mol. The van der Waals surface area contributed by atoms with E-state index < -0.39 is 23.4 Å². The summed E-state index contributed by atoms with van der Waals surface area (Å²) in [5.74, 6) is -0.809. The highest BCUT2D eigenvalue weighted by molar-refractivity contribution is 5.95. The second-order valence-corrected chi connectivity index (χ2v) is 12.6. The van der Waals surface area contributed by atoms with Crippen LogP contribution in [0.15, 0.2) is 45.7 Å². The summed E-state index contributed by atoms with van der Waals surface area (Å²) in [7, 11) is 6.83. The van der Waals surface area contributed by atoms with E-state index in [2.05, 4.69) is 16.4 Å². The van der Waals surface area contributed by atoms with Gasteiger partial charge in [-0.25, -0.2) is 4.79 Å². The molecule has 0 radical (unpaired) electrons. The Morgan fingerprint density at radius 1 is 1.02 bits per heavy atom. The molecule has 2 heterocycles. The second kappa shape index (κ2) is 11.3. The number of nitrogens with zero attached hydrogens (tertiary/aromatic N) is 6. The summed E-state index contributed by atoms with van der Waals surface area (Å²) in [4.78, 5) is 61.1. The van der Waals surface area contributed by atoms with Gasteiger partial charge >= 0.3 is 5.76 Å². The Morgan fingerprint density at radius 3 is 2.07 bits per heavy atom. The maximum absolute atomic E-state index is 13.4. The van der Waals surface area contributed by atoms with Gasteiger partial charge in [0.1, 0.15) is 12.2 Å². The molecular weight excluding hydrogens is 574 g/mol. The standard InChI is InChI=1S/C33H37N7O5/c1-19(17-34)39(24-10-11-24)28(41)18-35-27-16-33(31-36-32(44)45-40(27)31)25-12-8-22(29(42)37(2)3)14-20(25)6-7-21-15-23(9-13-26(21)33)30(43)38(4)5/h8-9,12-15,19,24,27,35H,6-7,10-11,16,18H2,1-5H3.